The Hall–Kier alpha value is -0.990. The molecule has 0 heterocycles. The number of rotatable bonds is 8. The molecule has 0 saturated carbocycles. The number of nitrogens with zero attached hydrogens (tertiary/aromatic N) is 1. The molecule has 0 aliphatic carbocycles. The predicted octanol–water partition coefficient (Wildman–Crippen LogP) is 5.06. The van der Waals surface area contributed by atoms with Gasteiger partial charge in [0.1, 0.15) is 9.84 Å². The highest BCUT2D eigenvalue weighted by molar-refractivity contribution is 7.93. The third-order valence-electron chi connectivity index (χ3n) is 4.20. The van der Waals surface area contributed by atoms with Crippen LogP contribution in [0.15, 0.2) is 47.4 Å². The van der Waals surface area contributed by atoms with E-state index in [0.29, 0.717) is 10.0 Å². The third kappa shape index (κ3) is 5.54. The van der Waals surface area contributed by atoms with E-state index >= 15 is 0 Å². The lowest BCUT2D eigenvalue weighted by Gasteiger charge is -2.31. The highest BCUT2D eigenvalue weighted by Gasteiger charge is 2.31. The molecule has 0 N–H and O–H groups in total. The van der Waals surface area contributed by atoms with Crippen molar-refractivity contribution in [3.05, 3.63) is 57.5 Å². The van der Waals surface area contributed by atoms with E-state index in [1.54, 1.807) is 19.9 Å². The van der Waals surface area contributed by atoms with Crippen LogP contribution < -0.4 is 4.31 Å². The van der Waals surface area contributed by atoms with Crippen molar-refractivity contribution in [2.75, 3.05) is 15.8 Å². The van der Waals surface area contributed by atoms with Crippen LogP contribution in [0.3, 0.4) is 0 Å². The number of benzene rings is 2. The van der Waals surface area contributed by atoms with Crippen LogP contribution >= 0.6 is 34.8 Å². The van der Waals surface area contributed by atoms with E-state index in [0.717, 1.165) is 4.31 Å². The molecule has 0 aliphatic heterocycles. The van der Waals surface area contributed by atoms with Gasteiger partial charge in [0, 0.05) is 21.8 Å². The van der Waals surface area contributed by atoms with Crippen molar-refractivity contribution in [1.29, 1.82) is 0 Å². The minimum Gasteiger partial charge on any atom is -0.262 e. The SMILES string of the molecule is CCS(=O)(=O)CC[C@@H](C)N(c1cc(Cl)ccc1Cl)S(=O)(=O)c1ccc(Cl)cc1. The zero-order valence-corrected chi connectivity index (χ0v) is 19.2. The predicted molar refractivity (Wildman–Crippen MR) is 116 cm³/mol. The third-order valence-corrected chi connectivity index (χ3v) is 8.69. The van der Waals surface area contributed by atoms with Crippen LogP contribution in [0.4, 0.5) is 5.69 Å². The molecule has 0 saturated heterocycles. The standard InChI is InChI=1S/C18H20Cl3NO4S2/c1-3-27(23,24)11-10-13(2)22(18-12-15(20)6-9-17(18)21)28(25,26)16-7-4-14(19)5-8-16/h4-9,12-13H,3,10-11H2,1-2H3/t13-/m1/s1. The number of hydrogen-bond donors (Lipinski definition) is 0. The van der Waals surface area contributed by atoms with Gasteiger partial charge in [0.15, 0.2) is 0 Å². The second-order valence-electron chi connectivity index (χ2n) is 6.22. The van der Waals surface area contributed by atoms with Gasteiger partial charge in [-0.25, -0.2) is 16.8 Å². The van der Waals surface area contributed by atoms with Crippen LogP contribution in [0.2, 0.25) is 15.1 Å². The van der Waals surface area contributed by atoms with E-state index in [1.165, 1.54) is 36.4 Å². The van der Waals surface area contributed by atoms with Crippen molar-refractivity contribution in [2.24, 2.45) is 0 Å². The summed E-state index contributed by atoms with van der Waals surface area (Å²) in [6, 6.07) is 9.53. The molecule has 0 aliphatic rings. The van der Waals surface area contributed by atoms with Crippen LogP contribution in [0.1, 0.15) is 20.3 Å². The highest BCUT2D eigenvalue weighted by Crippen LogP contribution is 2.35. The smallest absolute Gasteiger partial charge is 0.262 e. The summed E-state index contributed by atoms with van der Waals surface area (Å²) >= 11 is 18.2. The Morgan fingerprint density at radius 2 is 1.50 bits per heavy atom. The summed E-state index contributed by atoms with van der Waals surface area (Å²) in [5.74, 6) is -0.156. The summed E-state index contributed by atoms with van der Waals surface area (Å²) in [5.41, 5.74) is 0.186. The fourth-order valence-corrected chi connectivity index (χ4v) is 5.83. The van der Waals surface area contributed by atoms with Crippen LogP contribution in [0, 0.1) is 0 Å². The number of halogens is 3. The van der Waals surface area contributed by atoms with Crippen molar-refractivity contribution in [3.8, 4) is 0 Å². The van der Waals surface area contributed by atoms with E-state index in [1.807, 2.05) is 0 Å². The summed E-state index contributed by atoms with van der Waals surface area (Å²) < 4.78 is 51.7. The van der Waals surface area contributed by atoms with Gasteiger partial charge >= 0.3 is 0 Å². The molecular weight excluding hydrogens is 465 g/mol. The first kappa shape index (κ1) is 23.3. The van der Waals surface area contributed by atoms with Gasteiger partial charge in [-0.15, -0.1) is 0 Å². The van der Waals surface area contributed by atoms with Crippen LogP contribution in [0.5, 0.6) is 0 Å². The molecular formula is C18H20Cl3NO4S2. The Kier molecular flexibility index (Phi) is 7.67. The summed E-state index contributed by atoms with van der Waals surface area (Å²) in [7, 11) is -7.31. The Bertz CT molecular complexity index is 1040. The second-order valence-corrected chi connectivity index (χ2v) is 11.8. The van der Waals surface area contributed by atoms with Gasteiger partial charge in [-0.05, 0) is 55.8 Å². The maximum Gasteiger partial charge on any atom is 0.264 e. The topological polar surface area (TPSA) is 71.5 Å². The number of anilines is 1. The Balaban J connectivity index is 2.55. The van der Waals surface area contributed by atoms with E-state index in [4.69, 9.17) is 34.8 Å². The number of sulfone groups is 1. The average molecular weight is 485 g/mol. The van der Waals surface area contributed by atoms with Crippen LogP contribution in [-0.4, -0.2) is 34.4 Å². The van der Waals surface area contributed by atoms with Gasteiger partial charge in [-0.1, -0.05) is 41.7 Å². The maximum absolute atomic E-state index is 13.4. The first-order chi connectivity index (χ1) is 13.0. The minimum atomic E-state index is -4.05. The van der Waals surface area contributed by atoms with Gasteiger partial charge in [0.05, 0.1) is 21.4 Å². The summed E-state index contributed by atoms with van der Waals surface area (Å²) in [6.07, 6.45) is 0.103. The molecule has 2 aromatic rings. The first-order valence-electron chi connectivity index (χ1n) is 8.43. The van der Waals surface area contributed by atoms with Crippen molar-refractivity contribution in [2.45, 2.75) is 31.2 Å². The molecule has 2 aromatic carbocycles. The molecule has 0 fully saturated rings. The fraction of sp³-hybridized carbons (Fsp3) is 0.333. The van der Waals surface area contributed by atoms with Gasteiger partial charge in [-0.3, -0.25) is 4.31 Å². The van der Waals surface area contributed by atoms with E-state index < -0.39 is 25.9 Å². The van der Waals surface area contributed by atoms with Gasteiger partial charge in [0.2, 0.25) is 0 Å². The molecule has 0 aromatic heterocycles. The molecule has 0 unspecified atom stereocenters. The summed E-state index contributed by atoms with van der Waals surface area (Å²) in [6.45, 7) is 3.19. The Labute approximate surface area is 181 Å². The van der Waals surface area contributed by atoms with Gasteiger partial charge in [-0.2, -0.15) is 0 Å². The van der Waals surface area contributed by atoms with E-state index in [9.17, 15) is 16.8 Å². The first-order valence-corrected chi connectivity index (χ1v) is 12.8. The lowest BCUT2D eigenvalue weighted by Crippen LogP contribution is -2.40. The van der Waals surface area contributed by atoms with Gasteiger partial charge in [0.25, 0.3) is 10.0 Å². The quantitative estimate of drug-likeness (QED) is 0.525. The van der Waals surface area contributed by atoms with Crippen molar-refractivity contribution in [3.63, 3.8) is 0 Å². The van der Waals surface area contributed by atoms with Crippen LogP contribution in [-0.2, 0) is 19.9 Å². The Morgan fingerprint density at radius 1 is 0.929 bits per heavy atom. The molecule has 28 heavy (non-hydrogen) atoms. The van der Waals surface area contributed by atoms with Crippen LogP contribution in [0.25, 0.3) is 0 Å². The van der Waals surface area contributed by atoms with Crippen molar-refractivity contribution < 1.29 is 16.8 Å². The lowest BCUT2D eigenvalue weighted by molar-refractivity contribution is 0.569. The Morgan fingerprint density at radius 3 is 2.07 bits per heavy atom. The average Bonchev–Trinajstić information content (AvgIpc) is 2.63. The second kappa shape index (κ2) is 9.22. The zero-order chi connectivity index (χ0) is 21.1. The maximum atomic E-state index is 13.4. The molecule has 1 atom stereocenters. The fourth-order valence-electron chi connectivity index (χ4n) is 2.59. The molecule has 10 heteroatoms. The molecule has 5 nitrogen and oxygen atoms in total. The van der Waals surface area contributed by atoms with E-state index in [2.05, 4.69) is 0 Å². The lowest BCUT2D eigenvalue weighted by atomic mass is 10.2. The normalized spacial score (nSPS) is 13.3. The number of sulfonamides is 1. The monoisotopic (exact) mass is 483 g/mol. The largest absolute Gasteiger partial charge is 0.264 e. The van der Waals surface area contributed by atoms with Crippen molar-refractivity contribution >= 4 is 60.4 Å². The van der Waals surface area contributed by atoms with Gasteiger partial charge < -0.3 is 0 Å². The highest BCUT2D eigenvalue weighted by atomic mass is 35.5. The molecule has 0 radical (unpaired) electrons. The molecule has 0 amide bonds. The summed E-state index contributed by atoms with van der Waals surface area (Å²) in [5, 5.41) is 0.893. The molecule has 154 valence electrons. The molecule has 0 spiro atoms. The molecule has 0 bridgehead atoms. The van der Waals surface area contributed by atoms with E-state index in [-0.39, 0.29) is 33.5 Å². The zero-order valence-electron chi connectivity index (χ0n) is 15.3. The number of hydrogen-bond acceptors (Lipinski definition) is 4. The minimum absolute atomic E-state index is 0.0122. The molecule has 2 rings (SSSR count). The summed E-state index contributed by atoms with van der Waals surface area (Å²) in [4.78, 5) is 0.0122. The van der Waals surface area contributed by atoms with Crippen molar-refractivity contribution in [1.82, 2.24) is 0 Å².